The predicted molar refractivity (Wildman–Crippen MR) is 42.5 cm³/mol. The van der Waals surface area contributed by atoms with Gasteiger partial charge in [0, 0.05) is 6.42 Å². The van der Waals surface area contributed by atoms with Crippen LogP contribution in [-0.4, -0.2) is 31.4 Å². The fourth-order valence-corrected chi connectivity index (χ4v) is 0.151. The first-order chi connectivity index (χ1) is 5.77. The third kappa shape index (κ3) is 197. The molecule has 0 atom stereocenters. The molecule has 0 aliphatic rings. The molecule has 0 aromatic rings. The van der Waals surface area contributed by atoms with Gasteiger partial charge >= 0.3 is 27.7 Å². The molecule has 0 saturated carbocycles. The largest absolute Gasteiger partial charge is 4.00 e. The molecular formula is C7H10O5Ti. The zero-order valence-corrected chi connectivity index (χ0v) is 8.50. The second-order valence-electron chi connectivity index (χ2n) is 0.997. The van der Waals surface area contributed by atoms with Gasteiger partial charge in [-0.05, 0) is 0 Å². The van der Waals surface area contributed by atoms with Gasteiger partial charge in [-0.15, -0.1) is 0 Å². The first-order valence-electron chi connectivity index (χ1n) is 2.49. The summed E-state index contributed by atoms with van der Waals surface area (Å²) < 4.78 is 0. The van der Waals surface area contributed by atoms with Gasteiger partial charge in [-0.3, -0.25) is 25.2 Å². The van der Waals surface area contributed by atoms with Crippen molar-refractivity contribution in [1.82, 2.24) is 0 Å². The van der Waals surface area contributed by atoms with E-state index in [2.05, 4.69) is 27.3 Å². The molecule has 0 amide bonds. The standard InChI is InChI=1S/C4H7O2.3CHO.Ti/c1-2-3-4(5)6;3*1-2;/h1-3H2,(H,5,6);3*1H;/q4*-1;+4. The van der Waals surface area contributed by atoms with Crippen LogP contribution in [0.5, 0.6) is 0 Å². The minimum atomic E-state index is -0.773. The Morgan fingerprint density at radius 3 is 1.31 bits per heavy atom. The minimum absolute atomic E-state index is 0. The van der Waals surface area contributed by atoms with Crippen LogP contribution < -0.4 is 0 Å². The van der Waals surface area contributed by atoms with Crippen molar-refractivity contribution in [2.75, 3.05) is 0 Å². The molecule has 0 aliphatic carbocycles. The van der Waals surface area contributed by atoms with Gasteiger partial charge in [0.05, 0.1) is 0 Å². The van der Waals surface area contributed by atoms with Crippen LogP contribution in [0, 0.1) is 6.92 Å². The molecule has 0 fully saturated rings. The molecule has 0 heterocycles. The van der Waals surface area contributed by atoms with Crippen LogP contribution in [-0.2, 0) is 40.9 Å². The molecular weight excluding hydrogens is 212 g/mol. The molecule has 1 N–H and O–H groups in total. The molecule has 0 aliphatic heterocycles. The van der Waals surface area contributed by atoms with Crippen molar-refractivity contribution in [3.8, 4) is 0 Å². The van der Waals surface area contributed by atoms with E-state index in [0.717, 1.165) is 0 Å². The first kappa shape index (κ1) is 29.5. The zero-order valence-electron chi connectivity index (χ0n) is 6.93. The first-order valence-corrected chi connectivity index (χ1v) is 2.49. The van der Waals surface area contributed by atoms with Crippen molar-refractivity contribution >= 4 is 26.3 Å². The molecule has 0 aromatic carbocycles. The SMILES string of the molecule is [CH-]=O.[CH-]=O.[CH-]=O.[CH2-]CCC(=O)O.[Ti+4]. The van der Waals surface area contributed by atoms with Gasteiger partial charge in [0.1, 0.15) is 0 Å². The van der Waals surface area contributed by atoms with Gasteiger partial charge < -0.3 is 26.4 Å². The summed E-state index contributed by atoms with van der Waals surface area (Å²) in [5, 5.41) is 7.87. The average molecular weight is 222 g/mol. The third-order valence-electron chi connectivity index (χ3n) is 0.391. The Hall–Kier alpha value is -0.806. The number of carbonyl (C=O) groups is 1. The monoisotopic (exact) mass is 222 g/mol. The van der Waals surface area contributed by atoms with E-state index < -0.39 is 5.97 Å². The Balaban J connectivity index is -0.0000000263. The van der Waals surface area contributed by atoms with Crippen molar-refractivity contribution in [1.29, 1.82) is 0 Å². The normalized spacial score (nSPS) is 4.69. The van der Waals surface area contributed by atoms with E-state index in [9.17, 15) is 4.79 Å². The molecule has 13 heavy (non-hydrogen) atoms. The van der Waals surface area contributed by atoms with Gasteiger partial charge in [0.15, 0.2) is 0 Å². The quantitative estimate of drug-likeness (QED) is 0.399. The fourth-order valence-electron chi connectivity index (χ4n) is 0.151. The van der Waals surface area contributed by atoms with Crippen molar-refractivity contribution in [2.45, 2.75) is 12.8 Å². The Morgan fingerprint density at radius 2 is 1.31 bits per heavy atom. The van der Waals surface area contributed by atoms with Crippen molar-refractivity contribution in [2.24, 2.45) is 0 Å². The number of hydrogen-bond donors (Lipinski definition) is 1. The number of rotatable bonds is 2. The van der Waals surface area contributed by atoms with E-state index in [1.807, 2.05) is 0 Å². The second kappa shape index (κ2) is 66.1. The second-order valence-corrected chi connectivity index (χ2v) is 0.997. The molecule has 0 saturated heterocycles. The van der Waals surface area contributed by atoms with Crippen molar-refractivity contribution < 1.29 is 46.0 Å². The maximum absolute atomic E-state index is 9.56. The number of hydrogen-bond acceptors (Lipinski definition) is 4. The van der Waals surface area contributed by atoms with E-state index in [0.29, 0.717) is 6.42 Å². The van der Waals surface area contributed by atoms with E-state index in [4.69, 9.17) is 19.5 Å². The molecule has 0 spiro atoms. The van der Waals surface area contributed by atoms with Crippen LogP contribution in [0.25, 0.3) is 0 Å². The van der Waals surface area contributed by atoms with E-state index in [-0.39, 0.29) is 28.1 Å². The Labute approximate surface area is 92.4 Å². The van der Waals surface area contributed by atoms with E-state index in [1.165, 1.54) is 0 Å². The van der Waals surface area contributed by atoms with E-state index in [1.54, 1.807) is 0 Å². The van der Waals surface area contributed by atoms with Crippen LogP contribution in [0.15, 0.2) is 0 Å². The van der Waals surface area contributed by atoms with Crippen molar-refractivity contribution in [3.63, 3.8) is 0 Å². The molecule has 0 bridgehead atoms. The zero-order chi connectivity index (χ0) is 11.0. The summed E-state index contributed by atoms with van der Waals surface area (Å²) in [5.74, 6) is -0.773. The third-order valence-corrected chi connectivity index (χ3v) is 0.391. The van der Waals surface area contributed by atoms with Gasteiger partial charge in [-0.1, -0.05) is 0 Å². The van der Waals surface area contributed by atoms with Crippen LogP contribution in [0.3, 0.4) is 0 Å². The minimum Gasteiger partial charge on any atom is -0.545 e. The number of carboxylic acids is 1. The Kier molecular flexibility index (Phi) is 150. The average Bonchev–Trinajstić information content (AvgIpc) is 2.14. The van der Waals surface area contributed by atoms with Crippen molar-refractivity contribution in [3.05, 3.63) is 6.92 Å². The summed E-state index contributed by atoms with van der Waals surface area (Å²) in [4.78, 5) is 32.8. The van der Waals surface area contributed by atoms with Gasteiger partial charge in [0.25, 0.3) is 0 Å². The smallest absolute Gasteiger partial charge is 0.545 e. The topological polar surface area (TPSA) is 88.5 Å². The maximum Gasteiger partial charge on any atom is 4.00 e. The molecule has 0 unspecified atom stereocenters. The molecule has 6 heteroatoms. The molecule has 72 valence electrons. The maximum atomic E-state index is 9.56. The summed E-state index contributed by atoms with van der Waals surface area (Å²) in [6, 6.07) is 0. The van der Waals surface area contributed by atoms with Crippen LogP contribution in [0.2, 0.25) is 0 Å². The summed E-state index contributed by atoms with van der Waals surface area (Å²) >= 11 is 0. The molecule has 0 aromatic heterocycles. The van der Waals surface area contributed by atoms with Gasteiger partial charge in [0.2, 0.25) is 0 Å². The Morgan fingerprint density at radius 1 is 1.08 bits per heavy atom. The summed E-state index contributed by atoms with van der Waals surface area (Å²) in [6.45, 7) is 13.1. The van der Waals surface area contributed by atoms with Crippen LogP contribution >= 0.6 is 0 Å². The molecule has 5 nitrogen and oxygen atoms in total. The summed E-state index contributed by atoms with van der Waals surface area (Å²) in [7, 11) is 0. The van der Waals surface area contributed by atoms with Gasteiger partial charge in [-0.2, -0.15) is 6.42 Å². The predicted octanol–water partition coefficient (Wildman–Crippen LogP) is -0.140. The molecule has 0 radical (unpaired) electrons. The van der Waals surface area contributed by atoms with Crippen LogP contribution in [0.1, 0.15) is 12.8 Å². The van der Waals surface area contributed by atoms with Crippen LogP contribution in [0.4, 0.5) is 0 Å². The van der Waals surface area contributed by atoms with Gasteiger partial charge in [-0.25, -0.2) is 0 Å². The fraction of sp³-hybridized carbons (Fsp3) is 0.286. The molecule has 0 rings (SSSR count). The summed E-state index contributed by atoms with van der Waals surface area (Å²) in [5.41, 5.74) is 0. The number of carbonyl (C=O) groups excluding carboxylic acids is 3. The number of aliphatic carboxylic acids is 1. The van der Waals surface area contributed by atoms with E-state index >= 15 is 0 Å². The number of carboxylic acid groups (broad SMARTS) is 1. The Bertz CT molecular complexity index is 84.2. The summed E-state index contributed by atoms with van der Waals surface area (Å²) in [6.07, 6.45) is 0.662.